The van der Waals surface area contributed by atoms with Crippen LogP contribution in [-0.4, -0.2) is 136 Å². The minimum atomic E-state index is -4.44. The molecular weight excluding hydrogens is 1410 g/mol. The van der Waals surface area contributed by atoms with E-state index in [1.807, 2.05) is 6.92 Å². The number of carbonyl (C=O) groups excluding carboxylic acids is 7. The van der Waals surface area contributed by atoms with E-state index in [-0.39, 0.29) is 179 Å². The van der Waals surface area contributed by atoms with Crippen LogP contribution in [0.15, 0.2) is 117 Å². The van der Waals surface area contributed by atoms with Crippen LogP contribution >= 0.6 is 0 Å². The monoisotopic (exact) mass is 1500 g/mol. The van der Waals surface area contributed by atoms with Crippen molar-refractivity contribution in [2.75, 3.05) is 26.7 Å². The van der Waals surface area contributed by atoms with E-state index in [2.05, 4.69) is 38.7 Å². The van der Waals surface area contributed by atoms with E-state index >= 15 is 0 Å². The number of aliphatic carboxylic acids is 1. The number of hydrogen-bond donors (Lipinski definition) is 4. The van der Waals surface area contributed by atoms with Crippen LogP contribution in [0.3, 0.4) is 0 Å². The number of hydrogen-bond acceptors (Lipinski definition) is 26. The number of nitrogens with one attached hydrogen (secondary N) is 2. The number of Topliss-reactive ketones (excluding diaryl/α,β-unsaturated/α-hetero) is 2. The van der Waals surface area contributed by atoms with Gasteiger partial charge in [0.1, 0.15) is 75.0 Å². The number of esters is 4. The molecule has 4 aromatic rings. The van der Waals surface area contributed by atoms with E-state index in [0.29, 0.717) is 50.8 Å². The first-order chi connectivity index (χ1) is 43.8. The van der Waals surface area contributed by atoms with Crippen LogP contribution < -0.4 is 143 Å². The molecule has 0 fully saturated rings. The second-order valence-electron chi connectivity index (χ2n) is 19.8. The van der Waals surface area contributed by atoms with Gasteiger partial charge in [-0.3, -0.25) is 38.4 Å². The molecule has 28 nitrogen and oxygen atoms in total. The molecule has 0 bridgehead atoms. The van der Waals surface area contributed by atoms with Gasteiger partial charge in [0.05, 0.1) is 26.7 Å². The van der Waals surface area contributed by atoms with Crippen molar-refractivity contribution in [3.8, 4) is 23.0 Å². The van der Waals surface area contributed by atoms with Crippen molar-refractivity contribution in [3.63, 3.8) is 0 Å². The van der Waals surface area contributed by atoms with Crippen molar-refractivity contribution in [2.45, 2.75) is 190 Å². The Hall–Kier alpha value is -3.56. The van der Waals surface area contributed by atoms with E-state index in [0.717, 1.165) is 100 Å². The molecule has 36 heteroatoms. The number of carboxylic acids is 1. The molecule has 0 heterocycles. The standard InChI is InChI=1S/C15H29NO3.C14H27NO2.2C8H8O5S.C7H8O4S.C6H6O4S.C4H6O3.4Na/c1-2-3-4-5-6-8-11-14(17)16-13-10-7-9-12-15(18)19;1-3-5-11-15-12-6-8-14(17)10-9-13(16)7-4-2;2*1-6(9)13-7-2-4-8(5-3-7)14(10,11)12;1-11-6-2-4-7(5-3-6)12(8,9)10;7-5-1-3-6(4-2-5)11(8,9)10;1-3(5)7-4(2)6;;;;/h2-13H2,1H3,(H,16,17)(H,18,19);15H,3-12H2,1-2H3;2*2-5H,1H3,(H,10,11,12);2-5H,1H3,(H,8,9,10);1-4,7H,(H,8,9,10);1-2H3;;;;/q;;;;;;;4*+1/p-4. The van der Waals surface area contributed by atoms with E-state index in [4.69, 9.17) is 14.9 Å². The van der Waals surface area contributed by atoms with E-state index in [1.54, 1.807) is 0 Å². The van der Waals surface area contributed by atoms with Crippen molar-refractivity contribution in [1.29, 1.82) is 0 Å². The zero-order valence-corrected chi connectivity index (χ0v) is 69.4. The van der Waals surface area contributed by atoms with Crippen LogP contribution in [0.25, 0.3) is 0 Å². The zero-order chi connectivity index (χ0) is 72.4. The third-order valence-electron chi connectivity index (χ3n) is 11.4. The van der Waals surface area contributed by atoms with Gasteiger partial charge in [-0.1, -0.05) is 65.7 Å². The smallest absolute Gasteiger partial charge is 0.744 e. The molecule has 4 N–H and O–H groups in total. The van der Waals surface area contributed by atoms with Crippen molar-refractivity contribution in [1.82, 2.24) is 10.6 Å². The number of rotatable bonds is 32. The summed E-state index contributed by atoms with van der Waals surface area (Å²) in [5, 5.41) is 23.4. The van der Waals surface area contributed by atoms with Crippen LogP contribution in [0.4, 0.5) is 0 Å². The maximum absolute atomic E-state index is 11.5. The second kappa shape index (κ2) is 63.2. The van der Waals surface area contributed by atoms with E-state index in [9.17, 15) is 90.2 Å². The summed E-state index contributed by atoms with van der Waals surface area (Å²) in [4.78, 5) is 83.8. The quantitative estimate of drug-likeness (QED) is 0.00917. The van der Waals surface area contributed by atoms with Gasteiger partial charge in [0.2, 0.25) is 5.91 Å². The number of ether oxygens (including phenoxy) is 4. The molecule has 0 saturated carbocycles. The Bertz CT molecular complexity index is 3250. The summed E-state index contributed by atoms with van der Waals surface area (Å²) >= 11 is 0. The molecule has 1 amide bonds. The SMILES string of the molecule is CC(=O)OC(C)=O.CC(=O)Oc1ccc(S(=O)(=O)[O-])cc1.CC(=O)Oc1ccc(S(=O)(=O)[O-])cc1.CCCCCCCCC(=O)NCCCCCC(=O)O.CCCCNCCCC(=O)CCC(=O)CCC.COc1ccc(S(=O)(=O)[O-])cc1.O=S(=O)([O-])c1ccc(O)cc1.[Na+].[Na+].[Na+].[Na+]. The molecule has 0 saturated heterocycles. The Kier molecular flexibility index (Phi) is 69.5. The molecular formula is C62H88N2Na4O26S4. The molecule has 4 rings (SSSR count). The fourth-order valence-corrected chi connectivity index (χ4v) is 8.72. The molecule has 98 heavy (non-hydrogen) atoms. The van der Waals surface area contributed by atoms with Crippen molar-refractivity contribution >= 4 is 87.8 Å². The maximum atomic E-state index is 11.5. The summed E-state index contributed by atoms with van der Waals surface area (Å²) in [6.07, 6.45) is 16.7. The summed E-state index contributed by atoms with van der Waals surface area (Å²) in [6, 6.07) is 19.0. The first kappa shape index (κ1) is 108. The molecule has 0 unspecified atom stereocenters. The number of aromatic hydroxyl groups is 1. The number of methoxy groups -OCH3 is 1. The molecule has 0 aliphatic carbocycles. The predicted octanol–water partition coefficient (Wildman–Crippen LogP) is -3.59. The van der Waals surface area contributed by atoms with Crippen LogP contribution in [0.1, 0.15) is 170 Å². The van der Waals surface area contributed by atoms with Gasteiger partial charge in [0.25, 0.3) is 0 Å². The average molecular weight is 1500 g/mol. The maximum Gasteiger partial charge on any atom is 1.00 e. The number of benzene rings is 4. The molecule has 530 valence electrons. The zero-order valence-electron chi connectivity index (χ0n) is 58.1. The van der Waals surface area contributed by atoms with Crippen molar-refractivity contribution < 1.29 is 238 Å². The molecule has 0 spiro atoms. The molecule has 0 aliphatic heterocycles. The van der Waals surface area contributed by atoms with Gasteiger partial charge in [-0.25, -0.2) is 33.7 Å². The van der Waals surface area contributed by atoms with Gasteiger partial charge in [-0.2, -0.15) is 0 Å². The Morgan fingerprint density at radius 1 is 0.388 bits per heavy atom. The average Bonchev–Trinajstić information content (AvgIpc) is 0.892. The number of carbonyl (C=O) groups is 8. The minimum absolute atomic E-state index is 0. The summed E-state index contributed by atoms with van der Waals surface area (Å²) in [5.74, 6) is -1.46. The Labute approximate surface area is 665 Å². The minimum Gasteiger partial charge on any atom is -0.744 e. The summed E-state index contributed by atoms with van der Waals surface area (Å²) in [5.41, 5.74) is 0. The number of phenolic OH excluding ortho intramolecular Hbond substituents is 1. The summed E-state index contributed by atoms with van der Waals surface area (Å²) in [6.45, 7) is 13.8. The van der Waals surface area contributed by atoms with Gasteiger partial charge in [0, 0.05) is 72.8 Å². The number of ketones is 2. The normalized spacial score (nSPS) is 10.2. The molecule has 0 atom stereocenters. The topological polar surface area (TPSA) is 467 Å². The fourth-order valence-electron chi connectivity index (χ4n) is 6.84. The number of carboxylic acid groups (broad SMARTS) is 1. The first-order valence-corrected chi connectivity index (χ1v) is 35.2. The Balaban J connectivity index is -0.000000198. The van der Waals surface area contributed by atoms with Crippen LogP contribution in [0.2, 0.25) is 0 Å². The predicted molar refractivity (Wildman–Crippen MR) is 339 cm³/mol. The molecule has 0 aromatic heterocycles. The third-order valence-corrected chi connectivity index (χ3v) is 14.8. The summed E-state index contributed by atoms with van der Waals surface area (Å²) < 4.78 is 143. The first-order valence-electron chi connectivity index (χ1n) is 29.6. The fraction of sp³-hybridized carbons (Fsp3) is 0.484. The van der Waals surface area contributed by atoms with Gasteiger partial charge in [-0.05, 0) is 149 Å². The Morgan fingerprint density at radius 3 is 1.06 bits per heavy atom. The molecule has 0 aliphatic rings. The van der Waals surface area contributed by atoms with Gasteiger partial charge < -0.3 is 58.0 Å². The second-order valence-corrected chi connectivity index (χ2v) is 25.3. The van der Waals surface area contributed by atoms with Gasteiger partial charge in [0.15, 0.2) is 0 Å². The largest absolute Gasteiger partial charge is 1.00 e. The van der Waals surface area contributed by atoms with Crippen LogP contribution in [-0.2, 0) is 83.6 Å². The molecule has 0 radical (unpaired) electrons. The number of phenols is 1. The van der Waals surface area contributed by atoms with Crippen molar-refractivity contribution in [3.05, 3.63) is 97.1 Å². The van der Waals surface area contributed by atoms with Gasteiger partial charge >= 0.3 is 148 Å². The summed E-state index contributed by atoms with van der Waals surface area (Å²) in [7, 11) is -16.1. The Morgan fingerprint density at radius 2 is 0.724 bits per heavy atom. The van der Waals surface area contributed by atoms with E-state index < -0.39 is 70.3 Å². The van der Waals surface area contributed by atoms with E-state index in [1.165, 1.54) is 122 Å². The number of amides is 1. The number of unbranched alkanes of at least 4 members (excludes halogenated alkanes) is 8. The molecule has 4 aromatic carbocycles. The van der Waals surface area contributed by atoms with Crippen molar-refractivity contribution in [2.24, 2.45) is 0 Å². The van der Waals surface area contributed by atoms with Gasteiger partial charge in [-0.15, -0.1) is 0 Å². The van der Waals surface area contributed by atoms with Crippen LogP contribution in [0.5, 0.6) is 23.0 Å². The third kappa shape index (κ3) is 67.0. The van der Waals surface area contributed by atoms with Crippen LogP contribution in [0, 0.1) is 0 Å².